The number of rotatable bonds is 6. The zero-order valence-electron chi connectivity index (χ0n) is 13.6. The van der Waals surface area contributed by atoms with Crippen LogP contribution < -0.4 is 10.1 Å². The van der Waals surface area contributed by atoms with E-state index in [-0.39, 0.29) is 18.1 Å². The molecule has 128 valence electrons. The molecule has 2 aliphatic rings. The number of aryl methyl sites for hydroxylation is 1. The number of hydrogen-bond acceptors (Lipinski definition) is 5. The van der Waals surface area contributed by atoms with Crippen molar-refractivity contribution in [1.82, 2.24) is 15.1 Å². The van der Waals surface area contributed by atoms with Crippen LogP contribution in [0.15, 0.2) is 29.1 Å². The smallest absolute Gasteiger partial charge is 0.255 e. The maximum absolute atomic E-state index is 12.6. The van der Waals surface area contributed by atoms with Gasteiger partial charge in [0.1, 0.15) is 11.9 Å². The second kappa shape index (κ2) is 6.32. The van der Waals surface area contributed by atoms with Crippen molar-refractivity contribution in [2.45, 2.75) is 44.4 Å². The van der Waals surface area contributed by atoms with Crippen LogP contribution in [0.3, 0.4) is 0 Å². The maximum Gasteiger partial charge on any atom is 0.255 e. The van der Waals surface area contributed by atoms with Crippen molar-refractivity contribution in [3.05, 3.63) is 36.0 Å². The Labute approximate surface area is 139 Å². The molecule has 0 aromatic carbocycles. The Morgan fingerprint density at radius 1 is 1.46 bits per heavy atom. The first-order valence-corrected chi connectivity index (χ1v) is 8.39. The lowest BCUT2D eigenvalue weighted by Gasteiger charge is -2.19. The van der Waals surface area contributed by atoms with E-state index in [9.17, 15) is 4.79 Å². The summed E-state index contributed by atoms with van der Waals surface area (Å²) in [5, 5.41) is 7.21. The Morgan fingerprint density at radius 3 is 3.08 bits per heavy atom. The molecule has 2 aromatic rings. The molecule has 4 rings (SSSR count). The minimum atomic E-state index is -0.222. The molecule has 1 saturated heterocycles. The van der Waals surface area contributed by atoms with Crippen molar-refractivity contribution < 1.29 is 18.7 Å². The summed E-state index contributed by atoms with van der Waals surface area (Å²) in [6.07, 6.45) is 7.07. The van der Waals surface area contributed by atoms with Crippen LogP contribution in [0.4, 0.5) is 0 Å². The fourth-order valence-electron chi connectivity index (χ4n) is 2.95. The van der Waals surface area contributed by atoms with Crippen molar-refractivity contribution in [3.63, 3.8) is 0 Å². The summed E-state index contributed by atoms with van der Waals surface area (Å²) in [5.74, 6) is 1.76. The topological polar surface area (TPSA) is 78.5 Å². The molecular weight excluding hydrogens is 310 g/mol. The molecular formula is C17H21N3O4. The molecule has 2 atom stereocenters. The second-order valence-electron chi connectivity index (χ2n) is 6.28. The van der Waals surface area contributed by atoms with Gasteiger partial charge in [-0.25, -0.2) is 0 Å². The quantitative estimate of drug-likeness (QED) is 0.875. The predicted molar refractivity (Wildman–Crippen MR) is 85.1 cm³/mol. The lowest BCUT2D eigenvalue weighted by Crippen LogP contribution is -2.45. The van der Waals surface area contributed by atoms with Crippen LogP contribution in [0, 0.1) is 0 Å². The summed E-state index contributed by atoms with van der Waals surface area (Å²) in [7, 11) is 0. The van der Waals surface area contributed by atoms with Crippen LogP contribution in [-0.2, 0) is 11.3 Å². The number of carbonyl (C=O) groups excluding carboxylic acids is 1. The van der Waals surface area contributed by atoms with Gasteiger partial charge in [-0.15, -0.1) is 0 Å². The van der Waals surface area contributed by atoms with Gasteiger partial charge in [0.2, 0.25) is 0 Å². The van der Waals surface area contributed by atoms with Crippen LogP contribution >= 0.6 is 0 Å². The van der Waals surface area contributed by atoms with Crippen molar-refractivity contribution in [2.24, 2.45) is 0 Å². The highest BCUT2D eigenvalue weighted by molar-refractivity contribution is 5.95. The molecule has 1 N–H and O–H groups in total. The Hall–Kier alpha value is -2.28. The number of ether oxygens (including phenoxy) is 2. The fraction of sp³-hybridized carbons (Fsp3) is 0.529. The zero-order valence-corrected chi connectivity index (χ0v) is 13.6. The van der Waals surface area contributed by atoms with E-state index < -0.39 is 0 Å². The maximum atomic E-state index is 12.6. The zero-order chi connectivity index (χ0) is 16.5. The van der Waals surface area contributed by atoms with Gasteiger partial charge in [-0.05, 0) is 25.8 Å². The van der Waals surface area contributed by atoms with Crippen LogP contribution in [0.1, 0.15) is 41.8 Å². The molecule has 1 saturated carbocycles. The van der Waals surface area contributed by atoms with Gasteiger partial charge in [0.15, 0.2) is 5.75 Å². The number of carbonyl (C=O) groups is 1. The van der Waals surface area contributed by atoms with Crippen molar-refractivity contribution >= 4 is 5.91 Å². The van der Waals surface area contributed by atoms with Crippen LogP contribution in [0.5, 0.6) is 5.75 Å². The van der Waals surface area contributed by atoms with E-state index in [0.29, 0.717) is 30.4 Å². The monoisotopic (exact) mass is 331 g/mol. The second-order valence-corrected chi connectivity index (χ2v) is 6.28. The highest BCUT2D eigenvalue weighted by Crippen LogP contribution is 2.42. The first-order chi connectivity index (χ1) is 11.7. The molecule has 0 radical (unpaired) electrons. The van der Waals surface area contributed by atoms with E-state index in [4.69, 9.17) is 13.9 Å². The van der Waals surface area contributed by atoms with E-state index >= 15 is 0 Å². The van der Waals surface area contributed by atoms with Gasteiger partial charge >= 0.3 is 0 Å². The van der Waals surface area contributed by atoms with Crippen molar-refractivity contribution in [3.8, 4) is 5.75 Å². The molecule has 0 spiro atoms. The molecule has 3 heterocycles. The molecule has 1 aliphatic heterocycles. The minimum Gasteiger partial charge on any atom is -0.482 e. The summed E-state index contributed by atoms with van der Waals surface area (Å²) in [5.41, 5.74) is 0.627. The molecule has 2 fully saturated rings. The van der Waals surface area contributed by atoms with E-state index in [1.165, 1.54) is 0 Å². The van der Waals surface area contributed by atoms with Crippen molar-refractivity contribution in [1.29, 1.82) is 0 Å². The molecule has 1 amide bonds. The molecule has 1 aliphatic carbocycles. The standard InChI is InChI=1S/C17H21N3O4/c1-2-20-8-12(7-18-20)24-15-10-22-9-14(15)19-17(21)13-5-6-23-16(13)11-3-4-11/h5-8,11,14-15H,2-4,9-10H2,1H3,(H,19,21)/t14-,15+/m0/s1. The number of amides is 1. The summed E-state index contributed by atoms with van der Waals surface area (Å²) < 4.78 is 18.7. The number of nitrogens with one attached hydrogen (secondary N) is 1. The van der Waals surface area contributed by atoms with E-state index in [1.54, 1.807) is 23.2 Å². The van der Waals surface area contributed by atoms with E-state index in [1.807, 2.05) is 13.1 Å². The molecule has 0 unspecified atom stereocenters. The Kier molecular flexibility index (Phi) is 4.02. The van der Waals surface area contributed by atoms with Gasteiger partial charge in [-0.2, -0.15) is 5.10 Å². The van der Waals surface area contributed by atoms with E-state index in [2.05, 4.69) is 10.4 Å². The number of nitrogens with zero attached hydrogens (tertiary/aromatic N) is 2. The third kappa shape index (κ3) is 3.03. The summed E-state index contributed by atoms with van der Waals surface area (Å²) >= 11 is 0. The summed E-state index contributed by atoms with van der Waals surface area (Å²) in [6.45, 7) is 3.69. The first kappa shape index (κ1) is 15.3. The summed E-state index contributed by atoms with van der Waals surface area (Å²) in [4.78, 5) is 12.6. The first-order valence-electron chi connectivity index (χ1n) is 8.39. The highest BCUT2D eigenvalue weighted by atomic mass is 16.5. The molecule has 7 nitrogen and oxygen atoms in total. The normalized spacial score (nSPS) is 23.4. The van der Waals surface area contributed by atoms with Gasteiger partial charge < -0.3 is 19.2 Å². The molecule has 24 heavy (non-hydrogen) atoms. The molecule has 0 bridgehead atoms. The van der Waals surface area contributed by atoms with Gasteiger partial charge in [-0.1, -0.05) is 0 Å². The Morgan fingerprint density at radius 2 is 2.33 bits per heavy atom. The minimum absolute atomic E-state index is 0.126. The third-order valence-corrected chi connectivity index (χ3v) is 4.45. The van der Waals surface area contributed by atoms with E-state index in [0.717, 1.165) is 25.1 Å². The SMILES string of the molecule is CCn1cc(O[C@@H]2COC[C@@H]2NC(=O)c2ccoc2C2CC2)cn1. The van der Waals surface area contributed by atoms with Gasteiger partial charge in [0, 0.05) is 12.5 Å². The predicted octanol–water partition coefficient (Wildman–Crippen LogP) is 1.95. The van der Waals surface area contributed by atoms with Gasteiger partial charge in [-0.3, -0.25) is 9.48 Å². The average molecular weight is 331 g/mol. The number of aromatic nitrogens is 2. The number of furan rings is 1. The van der Waals surface area contributed by atoms with Crippen LogP contribution in [0.25, 0.3) is 0 Å². The van der Waals surface area contributed by atoms with Crippen molar-refractivity contribution in [2.75, 3.05) is 13.2 Å². The largest absolute Gasteiger partial charge is 0.482 e. The lowest BCUT2D eigenvalue weighted by atomic mass is 10.1. The molecule has 7 heteroatoms. The fourth-order valence-corrected chi connectivity index (χ4v) is 2.95. The van der Waals surface area contributed by atoms with Gasteiger partial charge in [0.05, 0.1) is 43.5 Å². The van der Waals surface area contributed by atoms with Crippen LogP contribution in [0.2, 0.25) is 0 Å². The summed E-state index contributed by atoms with van der Waals surface area (Å²) in [6, 6.07) is 1.55. The third-order valence-electron chi connectivity index (χ3n) is 4.45. The lowest BCUT2D eigenvalue weighted by molar-refractivity contribution is 0.0902. The Balaban J connectivity index is 1.41. The number of hydrogen-bond donors (Lipinski definition) is 1. The van der Waals surface area contributed by atoms with Gasteiger partial charge in [0.25, 0.3) is 5.91 Å². The van der Waals surface area contributed by atoms with Crippen LogP contribution in [-0.4, -0.2) is 41.0 Å². The molecule has 2 aromatic heterocycles. The highest BCUT2D eigenvalue weighted by Gasteiger charge is 2.35. The Bertz CT molecular complexity index is 719. The average Bonchev–Trinajstić information content (AvgIpc) is 3.01.